The van der Waals surface area contributed by atoms with E-state index in [1.54, 1.807) is 12.5 Å². The Morgan fingerprint density at radius 3 is 0.977 bits per heavy atom. The second-order valence-electron chi connectivity index (χ2n) is 12.4. The summed E-state index contributed by atoms with van der Waals surface area (Å²) in [5.41, 5.74) is 0. The number of hydrogen-bond donors (Lipinski definition) is 0. The molecule has 0 bridgehead atoms. The fraction of sp³-hybridized carbons (Fsp3) is 0.706. The molecule has 2 aromatic rings. The number of thiocarbonyl (C=S) groups is 2. The standard InChI is InChI=1S/2C17H24NOS.2ClH.2Pd/c2*20-17(16-12-7-13-19-16)18(14-8-3-1-4-9-14)15-10-5-2-6-11-15;;;;/h2*12-15H,1-6,8-11H2;2*1H;;/q2*-1;;;2*+2/p-2. The van der Waals surface area contributed by atoms with E-state index in [-0.39, 0.29) is 0 Å². The van der Waals surface area contributed by atoms with Gasteiger partial charge in [-0.1, -0.05) is 101 Å². The Bertz CT molecular complexity index is 902. The van der Waals surface area contributed by atoms with E-state index in [9.17, 15) is 0 Å². The summed E-state index contributed by atoms with van der Waals surface area (Å²) in [5, 5.41) is 0. The molecule has 252 valence electrons. The molecule has 10 heteroatoms. The van der Waals surface area contributed by atoms with Crippen molar-refractivity contribution in [1.29, 1.82) is 0 Å². The Hall–Kier alpha value is 0.245. The van der Waals surface area contributed by atoms with Gasteiger partial charge in [-0.15, -0.1) is 0 Å². The van der Waals surface area contributed by atoms with Crippen LogP contribution in [0.3, 0.4) is 0 Å². The molecule has 4 fully saturated rings. The summed E-state index contributed by atoms with van der Waals surface area (Å²) in [7, 11) is 8.98. The van der Waals surface area contributed by atoms with Crippen molar-refractivity contribution in [2.45, 2.75) is 153 Å². The van der Waals surface area contributed by atoms with Crippen LogP contribution in [0.25, 0.3) is 0 Å². The van der Waals surface area contributed by atoms with Crippen molar-refractivity contribution in [2.24, 2.45) is 0 Å². The molecular weight excluding hydrogens is 816 g/mol. The van der Waals surface area contributed by atoms with Crippen LogP contribution in [0.2, 0.25) is 0 Å². The first-order chi connectivity index (χ1) is 21.7. The van der Waals surface area contributed by atoms with Crippen molar-refractivity contribution in [3.63, 3.8) is 0 Å². The van der Waals surface area contributed by atoms with E-state index in [4.69, 9.17) is 33.3 Å². The minimum absolute atomic E-state index is 0.629. The normalized spacial score (nSPS) is 20.1. The topological polar surface area (TPSA) is 32.8 Å². The summed E-state index contributed by atoms with van der Waals surface area (Å²) in [6.07, 6.45) is 29.9. The molecule has 2 aromatic heterocycles. The molecule has 6 rings (SSSR count). The molecule has 0 amide bonds. The van der Waals surface area contributed by atoms with Crippen LogP contribution >= 0.6 is 43.5 Å². The van der Waals surface area contributed by atoms with Gasteiger partial charge in [-0.3, -0.25) is 0 Å². The fourth-order valence-electron chi connectivity index (χ4n) is 7.66. The molecular formula is C34H48Cl2N2O2Pd2S2. The van der Waals surface area contributed by atoms with Crippen LogP contribution in [0.15, 0.2) is 33.5 Å². The summed E-state index contributed by atoms with van der Waals surface area (Å²) < 4.78 is 11.0. The van der Waals surface area contributed by atoms with Gasteiger partial charge in [-0.05, 0) is 63.9 Å². The molecule has 4 nitrogen and oxygen atoms in total. The third-order valence-corrected chi connectivity index (χ3v) is 10.5. The van der Waals surface area contributed by atoms with E-state index in [2.05, 4.69) is 77.4 Å². The Morgan fingerprint density at radius 1 is 0.523 bits per heavy atom. The van der Waals surface area contributed by atoms with Crippen molar-refractivity contribution < 1.29 is 45.2 Å². The molecule has 0 N–H and O–H groups in total. The number of halogens is 2. The number of nitrogens with zero attached hydrogens (tertiary/aromatic N) is 2. The van der Waals surface area contributed by atoms with Crippen LogP contribution in [0.4, 0.5) is 0 Å². The molecule has 0 atom stereocenters. The van der Waals surface area contributed by atoms with Crippen molar-refractivity contribution in [3.8, 4) is 0 Å². The zero-order valence-electron chi connectivity index (χ0n) is 25.7. The van der Waals surface area contributed by atoms with E-state index in [0.717, 1.165) is 21.5 Å². The van der Waals surface area contributed by atoms with Gasteiger partial charge in [-0.25, -0.2) is 12.1 Å². The fourth-order valence-corrected chi connectivity index (χ4v) is 8.47. The van der Waals surface area contributed by atoms with Crippen molar-refractivity contribution >= 4 is 53.5 Å². The van der Waals surface area contributed by atoms with Crippen molar-refractivity contribution in [2.75, 3.05) is 0 Å². The molecule has 4 saturated carbocycles. The van der Waals surface area contributed by atoms with Gasteiger partial charge in [0.25, 0.3) is 0 Å². The number of hydrogen-bond acceptors (Lipinski definition) is 4. The summed E-state index contributed by atoms with van der Waals surface area (Å²) in [6, 6.07) is 12.3. The molecule has 0 aromatic carbocycles. The summed E-state index contributed by atoms with van der Waals surface area (Å²) >= 11 is 16.0. The van der Waals surface area contributed by atoms with Crippen LogP contribution in [0, 0.1) is 12.1 Å². The predicted octanol–water partition coefficient (Wildman–Crippen LogP) is 10.8. The first-order valence-electron chi connectivity index (χ1n) is 16.5. The van der Waals surface area contributed by atoms with Crippen molar-refractivity contribution in [1.82, 2.24) is 9.80 Å². The average molecular weight is 865 g/mol. The second kappa shape index (κ2) is 22.7. The molecule has 2 heterocycles. The Morgan fingerprint density at radius 2 is 0.773 bits per heavy atom. The molecule has 0 unspecified atom stereocenters. The van der Waals surface area contributed by atoms with Gasteiger partial charge < -0.3 is 18.6 Å². The van der Waals surface area contributed by atoms with Gasteiger partial charge in [0.15, 0.2) is 0 Å². The number of furan rings is 2. The van der Waals surface area contributed by atoms with Gasteiger partial charge in [0.05, 0.1) is 9.98 Å². The first kappa shape index (κ1) is 38.7. The Balaban J connectivity index is 0.000000216. The zero-order chi connectivity index (χ0) is 31.6. The van der Waals surface area contributed by atoms with E-state index in [0.29, 0.717) is 24.2 Å². The van der Waals surface area contributed by atoms with Crippen LogP contribution in [0.5, 0.6) is 0 Å². The van der Waals surface area contributed by atoms with Gasteiger partial charge >= 0.3 is 55.4 Å². The van der Waals surface area contributed by atoms with Crippen molar-refractivity contribution in [3.05, 3.63) is 48.3 Å². The third kappa shape index (κ3) is 11.7. The quantitative estimate of drug-likeness (QED) is 0.163. The summed E-state index contributed by atoms with van der Waals surface area (Å²) in [5.74, 6) is 1.66. The number of rotatable bonds is 6. The Labute approximate surface area is 306 Å². The van der Waals surface area contributed by atoms with Gasteiger partial charge in [0.2, 0.25) is 0 Å². The molecule has 0 spiro atoms. The second-order valence-corrected chi connectivity index (χ2v) is 13.2. The van der Waals surface area contributed by atoms with Crippen LogP contribution in [0.1, 0.15) is 140 Å². The monoisotopic (exact) mass is 862 g/mol. The van der Waals surface area contributed by atoms with Gasteiger partial charge in [0, 0.05) is 35.7 Å². The average Bonchev–Trinajstić information content (AvgIpc) is 3.85. The SMILES string of the molecule is S=C(c1c[c-]co1)N(C1CCCCC1)C1CCCCC1.S=C(c1c[c-]co1)N(C1CCCCC1)C1CCCCC1.[Cl][Pd+].[Cl][Pd+]. The van der Waals surface area contributed by atoms with E-state index in [1.807, 2.05) is 12.1 Å². The van der Waals surface area contributed by atoms with Crippen LogP contribution in [-0.4, -0.2) is 43.9 Å². The molecule has 0 aliphatic heterocycles. The van der Waals surface area contributed by atoms with Gasteiger partial charge in [-0.2, -0.15) is 12.1 Å². The molecule has 4 aliphatic carbocycles. The first-order valence-corrected chi connectivity index (χ1v) is 21.3. The molecule has 0 radical (unpaired) electrons. The maximum atomic E-state index is 5.77. The maximum absolute atomic E-state index is 5.77. The Kier molecular flexibility index (Phi) is 20.0. The predicted molar refractivity (Wildman–Crippen MR) is 181 cm³/mol. The van der Waals surface area contributed by atoms with Crippen LogP contribution in [-0.2, 0) is 36.4 Å². The summed E-state index contributed by atoms with van der Waals surface area (Å²) in [6.45, 7) is 0. The molecule has 44 heavy (non-hydrogen) atoms. The van der Waals surface area contributed by atoms with E-state index >= 15 is 0 Å². The third-order valence-electron chi connectivity index (χ3n) is 9.70. The minimum atomic E-state index is 0.629. The van der Waals surface area contributed by atoms with Gasteiger partial charge in [0.1, 0.15) is 0 Å². The van der Waals surface area contributed by atoms with E-state index < -0.39 is 0 Å². The zero-order valence-corrected chi connectivity index (χ0v) is 31.9. The van der Waals surface area contributed by atoms with Crippen LogP contribution < -0.4 is 0 Å². The molecule has 0 saturated heterocycles. The molecule has 4 aliphatic rings. The summed E-state index contributed by atoms with van der Waals surface area (Å²) in [4.78, 5) is 6.93. The van der Waals surface area contributed by atoms with E-state index in [1.165, 1.54) is 128 Å².